The average Bonchev–Trinajstić information content (AvgIpc) is 2.61. The third kappa shape index (κ3) is 4.91. The number of allylic oxidation sites excluding steroid dienone is 1. The number of ether oxygens (including phenoxy) is 1. The van der Waals surface area contributed by atoms with Crippen LogP contribution in [-0.4, -0.2) is 23.0 Å². The van der Waals surface area contributed by atoms with Crippen molar-refractivity contribution in [2.45, 2.75) is 64.3 Å². The van der Waals surface area contributed by atoms with E-state index in [-0.39, 0.29) is 23.7 Å². The van der Waals surface area contributed by atoms with Crippen LogP contribution in [0.15, 0.2) is 35.9 Å². The highest BCUT2D eigenvalue weighted by Gasteiger charge is 2.46. The molecule has 0 spiro atoms. The van der Waals surface area contributed by atoms with Gasteiger partial charge in [-0.05, 0) is 45.1 Å². The van der Waals surface area contributed by atoms with Crippen LogP contribution in [0.3, 0.4) is 0 Å². The maximum atomic E-state index is 12.2. The quantitative estimate of drug-likeness (QED) is 0.303. The number of carbonyl (C=O) groups excluding carboxylic acids is 1. The van der Waals surface area contributed by atoms with E-state index in [1.165, 1.54) is 0 Å². The van der Waals surface area contributed by atoms with Crippen molar-refractivity contribution in [3.63, 3.8) is 0 Å². The summed E-state index contributed by atoms with van der Waals surface area (Å²) in [5.74, 6) is -0.367. The number of hydrogen-bond donors (Lipinski definition) is 0. The van der Waals surface area contributed by atoms with Gasteiger partial charge in [-0.15, -0.1) is 0 Å². The van der Waals surface area contributed by atoms with Crippen molar-refractivity contribution in [1.29, 1.82) is 0 Å². The predicted octanol–water partition coefficient (Wildman–Crippen LogP) is 4.40. The zero-order valence-electron chi connectivity index (χ0n) is 15.1. The van der Waals surface area contributed by atoms with E-state index in [0.29, 0.717) is 13.0 Å². The summed E-state index contributed by atoms with van der Waals surface area (Å²) in [4.78, 5) is 23.8. The third-order valence-corrected chi connectivity index (χ3v) is 4.90. The molecule has 0 saturated heterocycles. The summed E-state index contributed by atoms with van der Waals surface area (Å²) in [5, 5.41) is 12.2. The first-order chi connectivity index (χ1) is 12.0. The molecule has 0 aliphatic heterocycles. The molecule has 0 aromatic heterocycles. The molecule has 1 atom stereocenters. The van der Waals surface area contributed by atoms with Crippen molar-refractivity contribution in [3.8, 4) is 0 Å². The molecule has 0 N–H and O–H groups in total. The molecule has 0 saturated carbocycles. The molecule has 1 aliphatic carbocycles. The van der Waals surface area contributed by atoms with Crippen LogP contribution < -0.4 is 0 Å². The van der Waals surface area contributed by atoms with Crippen LogP contribution in [0, 0.1) is 17.0 Å². The lowest BCUT2D eigenvalue weighted by atomic mass is 9.76. The Morgan fingerprint density at radius 1 is 1.28 bits per heavy atom. The van der Waals surface area contributed by atoms with Gasteiger partial charge in [0.2, 0.25) is 5.54 Å². The minimum Gasteiger partial charge on any atom is -0.466 e. The first-order valence-corrected chi connectivity index (χ1v) is 9.03. The second kappa shape index (κ2) is 8.79. The van der Waals surface area contributed by atoms with E-state index in [2.05, 4.69) is 0 Å². The zero-order valence-corrected chi connectivity index (χ0v) is 15.1. The number of nitro groups is 1. The lowest BCUT2D eigenvalue weighted by Gasteiger charge is -2.30. The highest BCUT2D eigenvalue weighted by Crippen LogP contribution is 2.36. The fourth-order valence-electron chi connectivity index (χ4n) is 3.48. The molecular formula is C20H27NO4. The Bertz CT molecular complexity index is 636. The van der Waals surface area contributed by atoms with Crippen molar-refractivity contribution in [2.24, 2.45) is 0 Å². The van der Waals surface area contributed by atoms with Gasteiger partial charge in [0.15, 0.2) is 0 Å². The molecule has 5 heteroatoms. The molecule has 1 aromatic rings. The minimum absolute atomic E-state index is 0.0675. The van der Waals surface area contributed by atoms with Crippen LogP contribution in [0.2, 0.25) is 0 Å². The fraction of sp³-hybridized carbons (Fsp3) is 0.550. The standard InChI is InChI=1S/C20H27NO4/c1-3-25-19(22)13-14-20(21(23)24,18-7-5-4-6-8-18)15-17-11-9-16(2)10-12-17/h7,9-12H,3-6,8,13-15H2,1-2H3. The molecule has 0 fully saturated rings. The zero-order chi connectivity index (χ0) is 18.3. The molecular weight excluding hydrogens is 318 g/mol. The SMILES string of the molecule is CCOC(=O)CCC(Cc1ccc(C)cc1)(C1=CCCCC1)[N+](=O)[O-]. The first kappa shape index (κ1) is 19.2. The lowest BCUT2D eigenvalue weighted by molar-refractivity contribution is -0.559. The summed E-state index contributed by atoms with van der Waals surface area (Å²) in [6.45, 7) is 4.04. The van der Waals surface area contributed by atoms with Crippen LogP contribution in [-0.2, 0) is 16.0 Å². The van der Waals surface area contributed by atoms with Crippen LogP contribution >= 0.6 is 0 Å². The fourth-order valence-corrected chi connectivity index (χ4v) is 3.48. The second-order valence-electron chi connectivity index (χ2n) is 6.73. The van der Waals surface area contributed by atoms with Crippen molar-refractivity contribution in [2.75, 3.05) is 6.61 Å². The van der Waals surface area contributed by atoms with Crippen LogP contribution in [0.4, 0.5) is 0 Å². The van der Waals surface area contributed by atoms with E-state index in [9.17, 15) is 14.9 Å². The van der Waals surface area contributed by atoms with Crippen molar-refractivity contribution < 1.29 is 14.5 Å². The molecule has 2 rings (SSSR count). The summed E-state index contributed by atoms with van der Waals surface area (Å²) in [7, 11) is 0. The van der Waals surface area contributed by atoms with Gasteiger partial charge in [-0.2, -0.15) is 0 Å². The monoisotopic (exact) mass is 345 g/mol. The van der Waals surface area contributed by atoms with Gasteiger partial charge in [0.25, 0.3) is 0 Å². The van der Waals surface area contributed by atoms with Gasteiger partial charge in [-0.1, -0.05) is 35.9 Å². The van der Waals surface area contributed by atoms with Gasteiger partial charge in [0.05, 0.1) is 13.0 Å². The number of aryl methyl sites for hydroxylation is 1. The summed E-state index contributed by atoms with van der Waals surface area (Å²) in [5.41, 5.74) is 1.70. The summed E-state index contributed by atoms with van der Waals surface area (Å²) < 4.78 is 4.99. The Kier molecular flexibility index (Phi) is 6.73. The molecule has 1 aromatic carbocycles. The van der Waals surface area contributed by atoms with Crippen LogP contribution in [0.25, 0.3) is 0 Å². The Morgan fingerprint density at radius 3 is 2.56 bits per heavy atom. The number of hydrogen-bond acceptors (Lipinski definition) is 4. The lowest BCUT2D eigenvalue weighted by Crippen LogP contribution is -2.44. The Morgan fingerprint density at radius 2 is 2.00 bits per heavy atom. The second-order valence-corrected chi connectivity index (χ2v) is 6.73. The molecule has 25 heavy (non-hydrogen) atoms. The Labute approximate surface area is 149 Å². The molecule has 0 amide bonds. The van der Waals surface area contributed by atoms with E-state index in [4.69, 9.17) is 4.74 Å². The maximum absolute atomic E-state index is 12.2. The largest absolute Gasteiger partial charge is 0.466 e. The summed E-state index contributed by atoms with van der Waals surface area (Å²) in [6, 6.07) is 7.84. The van der Waals surface area contributed by atoms with Gasteiger partial charge in [-0.3, -0.25) is 14.9 Å². The minimum atomic E-state index is -1.22. The summed E-state index contributed by atoms with van der Waals surface area (Å²) in [6.07, 6.45) is 6.22. The van der Waals surface area contributed by atoms with Crippen molar-refractivity contribution in [3.05, 3.63) is 57.2 Å². The number of esters is 1. The van der Waals surface area contributed by atoms with E-state index < -0.39 is 5.54 Å². The van der Waals surface area contributed by atoms with Gasteiger partial charge in [0.1, 0.15) is 0 Å². The Hall–Kier alpha value is -2.17. The van der Waals surface area contributed by atoms with Crippen molar-refractivity contribution in [1.82, 2.24) is 0 Å². The van der Waals surface area contributed by atoms with Crippen LogP contribution in [0.5, 0.6) is 0 Å². The molecule has 1 unspecified atom stereocenters. The normalized spacial score (nSPS) is 16.6. The number of benzene rings is 1. The van der Waals surface area contributed by atoms with Gasteiger partial charge in [-0.25, -0.2) is 0 Å². The van der Waals surface area contributed by atoms with Crippen molar-refractivity contribution >= 4 is 5.97 Å². The van der Waals surface area contributed by atoms with E-state index in [0.717, 1.165) is 42.4 Å². The molecule has 0 heterocycles. The predicted molar refractivity (Wildman–Crippen MR) is 97.0 cm³/mol. The summed E-state index contributed by atoms with van der Waals surface area (Å²) >= 11 is 0. The smallest absolute Gasteiger partial charge is 0.306 e. The van der Waals surface area contributed by atoms with Gasteiger partial charge in [0, 0.05) is 23.3 Å². The molecule has 136 valence electrons. The molecule has 5 nitrogen and oxygen atoms in total. The third-order valence-electron chi connectivity index (χ3n) is 4.90. The molecule has 0 bridgehead atoms. The average molecular weight is 345 g/mol. The maximum Gasteiger partial charge on any atom is 0.306 e. The highest BCUT2D eigenvalue weighted by molar-refractivity contribution is 5.69. The van der Waals surface area contributed by atoms with Crippen LogP contribution in [0.1, 0.15) is 56.6 Å². The number of carbonyl (C=O) groups is 1. The van der Waals surface area contributed by atoms with E-state index in [1.54, 1.807) is 6.92 Å². The Balaban J connectivity index is 2.32. The van der Waals surface area contributed by atoms with Gasteiger partial charge >= 0.3 is 5.97 Å². The van der Waals surface area contributed by atoms with E-state index in [1.807, 2.05) is 37.3 Å². The van der Waals surface area contributed by atoms with E-state index >= 15 is 0 Å². The number of nitrogens with zero attached hydrogens (tertiary/aromatic N) is 1. The van der Waals surface area contributed by atoms with Gasteiger partial charge < -0.3 is 4.74 Å². The highest BCUT2D eigenvalue weighted by atomic mass is 16.6. The molecule has 1 aliphatic rings. The number of rotatable bonds is 8. The topological polar surface area (TPSA) is 69.4 Å². The molecule has 0 radical (unpaired) electrons. The first-order valence-electron chi connectivity index (χ1n) is 9.03.